The van der Waals surface area contributed by atoms with Crippen LogP contribution in [-0.2, 0) is 22.6 Å². The average Bonchev–Trinajstić information content (AvgIpc) is 1.81. The molecule has 528 valence electrons. The third-order valence-corrected chi connectivity index (χ3v) is 17.1. The fourth-order valence-corrected chi connectivity index (χ4v) is 14.1. The molecule has 0 bridgehead atoms. The molecule has 6 aromatic carbocycles. The van der Waals surface area contributed by atoms with Crippen molar-refractivity contribution in [1.29, 1.82) is 0 Å². The first-order valence-corrected chi connectivity index (χ1v) is 33.9. The SMILES string of the molecule is C.COC(=O)c1cn(-c2cc(Br)c(OC)c(Br)c2)cn1.COC(=O)c1cnc[nH]1.COc1c(Br)cc(I)cc1Br.NCc1cccc(OC(F)(F)F)c1.O=C(NCc1cccc(OC(F)(F)F)c1)c1cn(-c2cc(Br)c(O)c(Br)c2)cn1.O=C(O)c1cn(-c2cc(Br)c(O)c(Br)c2)cn1. The van der Waals surface area contributed by atoms with Crippen molar-refractivity contribution in [3.63, 3.8) is 0 Å². The Bertz CT molecular complexity index is 4290. The summed E-state index contributed by atoms with van der Waals surface area (Å²) >= 11 is 28.8. The first-order chi connectivity index (χ1) is 46.2. The molecule has 4 heterocycles. The van der Waals surface area contributed by atoms with Crippen LogP contribution in [0.5, 0.6) is 34.5 Å². The molecule has 0 fully saturated rings. The van der Waals surface area contributed by atoms with Crippen molar-refractivity contribution in [1.82, 2.24) is 43.9 Å². The summed E-state index contributed by atoms with van der Waals surface area (Å²) in [6.45, 7) is 0.187. The number of halogens is 15. The van der Waals surface area contributed by atoms with Crippen molar-refractivity contribution in [2.24, 2.45) is 5.73 Å². The molecule has 0 saturated carbocycles. The highest BCUT2D eigenvalue weighted by Gasteiger charge is 2.32. The van der Waals surface area contributed by atoms with Gasteiger partial charge in [0, 0.05) is 52.3 Å². The zero-order valence-corrected chi connectivity index (χ0v) is 64.9. The Hall–Kier alpha value is -7.05. The molecule has 0 aliphatic rings. The molecule has 0 saturated heterocycles. The molecule has 23 nitrogen and oxygen atoms in total. The zero-order valence-electron chi connectivity index (χ0n) is 50.1. The number of esters is 2. The topological polar surface area (TPSA) is 305 Å². The number of aromatic amines is 1. The van der Waals surface area contributed by atoms with Gasteiger partial charge in [-0.2, -0.15) is 0 Å². The van der Waals surface area contributed by atoms with E-state index >= 15 is 0 Å². The summed E-state index contributed by atoms with van der Waals surface area (Å²) in [4.78, 5) is 63.0. The molecule has 0 unspecified atom stereocenters. The number of ether oxygens (including phenoxy) is 6. The number of hydrogen-bond donors (Lipinski definition) is 6. The number of carbonyl (C=O) groups excluding carboxylic acids is 3. The quantitative estimate of drug-likeness (QED) is 0.0335. The van der Waals surface area contributed by atoms with Gasteiger partial charge in [0.05, 0.1) is 76.7 Å². The van der Waals surface area contributed by atoms with E-state index in [2.05, 4.69) is 199 Å². The van der Waals surface area contributed by atoms with E-state index in [1.807, 2.05) is 24.3 Å². The number of amides is 1. The molecule has 10 rings (SSSR count). The predicted molar refractivity (Wildman–Crippen MR) is 388 cm³/mol. The number of carboxylic acid groups (broad SMARTS) is 1. The summed E-state index contributed by atoms with van der Waals surface area (Å²) in [6, 6.07) is 25.3. The predicted octanol–water partition coefficient (Wildman–Crippen LogP) is 17.6. The average molecular weight is 2010 g/mol. The molecule has 0 aliphatic carbocycles. The minimum Gasteiger partial charge on any atom is -0.506 e. The maximum absolute atomic E-state index is 12.3. The molecule has 0 atom stereocenters. The third kappa shape index (κ3) is 26.8. The van der Waals surface area contributed by atoms with Gasteiger partial charge in [0.25, 0.3) is 5.91 Å². The summed E-state index contributed by atoms with van der Waals surface area (Å²) in [6.07, 6.45) is 2.27. The summed E-state index contributed by atoms with van der Waals surface area (Å²) in [7, 11) is 5.89. The number of nitrogens with one attached hydrogen (secondary N) is 2. The molecular weight excluding hydrogens is 1960 g/mol. The fraction of sp³-hybridized carbons (Fsp3) is 0.148. The van der Waals surface area contributed by atoms with E-state index < -0.39 is 36.5 Å². The number of aromatic hydroxyl groups is 2. The van der Waals surface area contributed by atoms with Crippen LogP contribution in [0.4, 0.5) is 26.3 Å². The van der Waals surface area contributed by atoms with Crippen LogP contribution in [0.1, 0.15) is 60.5 Å². The fourth-order valence-electron chi connectivity index (χ4n) is 7.32. The maximum Gasteiger partial charge on any atom is 0.573 e. The summed E-state index contributed by atoms with van der Waals surface area (Å²) in [5, 5.41) is 30.7. The van der Waals surface area contributed by atoms with Crippen molar-refractivity contribution >= 4 is 174 Å². The van der Waals surface area contributed by atoms with Crippen LogP contribution in [-0.4, -0.2) is 119 Å². The molecule has 0 radical (unpaired) electrons. The molecular formula is C61H51Br8F6IN10O13. The number of methoxy groups -OCH3 is 4. The molecule has 38 heteroatoms. The Kier molecular flexibility index (Phi) is 33.9. The Labute approximate surface area is 640 Å². The molecule has 0 aliphatic heterocycles. The number of benzene rings is 6. The van der Waals surface area contributed by atoms with E-state index in [4.69, 9.17) is 20.3 Å². The smallest absolute Gasteiger partial charge is 0.506 e. The van der Waals surface area contributed by atoms with Crippen LogP contribution in [0.25, 0.3) is 17.1 Å². The standard InChI is InChI=1S/C18H12Br2F3N3O3.C12H10Br2N2O3.C10H6Br2N2O3.C8H8F3NO.C7H5Br2IO.C5H6N2O2.CH4/c19-13-5-11(6-14(20)16(13)27)26-8-15(25-9-26)17(28)24-7-10-2-1-3-12(4-10)29-18(21,22)23;1-18-11-8(13)3-7(4-9(11)14)16-5-10(15-6-16)12(17)19-2;11-6-1-5(2-7(12)9(6)15)14-3-8(10(16)17)13-4-14;9-8(10,11)13-7-3-1-2-6(4-7)5-12;1-11-7-5(8)2-4(10)3-6(7)9;1-9-5(8)4-2-6-3-7-4;/h1-6,8-9,27H,7H2,(H,24,28);3-6H,1-2H3;1-4,15H,(H,16,17);1-4H,5,12H2;2-3H,1H3;2-3H,1H3,(H,6,7);1H4. The number of phenolic OH excluding ortho intramolecular Hbond substituents is 2. The molecule has 0 spiro atoms. The van der Waals surface area contributed by atoms with E-state index in [0.29, 0.717) is 51.8 Å². The van der Waals surface area contributed by atoms with Gasteiger partial charge in [-0.25, -0.2) is 34.3 Å². The first-order valence-electron chi connectivity index (χ1n) is 26.4. The van der Waals surface area contributed by atoms with E-state index in [1.165, 1.54) is 91.8 Å². The van der Waals surface area contributed by atoms with Crippen molar-refractivity contribution < 1.29 is 89.3 Å². The monoisotopic (exact) mass is 2000 g/mol. The summed E-state index contributed by atoms with van der Waals surface area (Å²) < 4.78 is 110. The minimum absolute atomic E-state index is 0. The molecule has 1 amide bonds. The number of H-pyrrole nitrogens is 1. The second-order valence-corrected chi connectivity index (χ2v) is 26.5. The lowest BCUT2D eigenvalue weighted by molar-refractivity contribution is -0.275. The first kappa shape index (κ1) is 84.4. The molecule has 99 heavy (non-hydrogen) atoms. The number of nitrogens with zero attached hydrogens (tertiary/aromatic N) is 7. The Balaban J connectivity index is 0.000000263. The van der Waals surface area contributed by atoms with Gasteiger partial charge in [0.15, 0.2) is 11.4 Å². The second-order valence-electron chi connectivity index (χ2n) is 18.4. The number of carbonyl (C=O) groups is 4. The van der Waals surface area contributed by atoms with Gasteiger partial charge in [0.2, 0.25) is 0 Å². The van der Waals surface area contributed by atoms with Gasteiger partial charge in [-0.1, -0.05) is 31.7 Å². The highest BCUT2D eigenvalue weighted by Crippen LogP contribution is 2.38. The Morgan fingerprint density at radius 2 is 0.949 bits per heavy atom. The molecule has 4 aromatic heterocycles. The summed E-state index contributed by atoms with van der Waals surface area (Å²) in [5.41, 5.74) is 9.15. The van der Waals surface area contributed by atoms with Crippen LogP contribution >= 0.6 is 150 Å². The summed E-state index contributed by atoms with van der Waals surface area (Å²) in [5.74, 6) is -1.37. The normalized spacial score (nSPS) is 10.5. The van der Waals surface area contributed by atoms with Gasteiger partial charge >= 0.3 is 30.6 Å². The largest absolute Gasteiger partial charge is 0.573 e. The van der Waals surface area contributed by atoms with Crippen LogP contribution in [0.2, 0.25) is 0 Å². The van der Waals surface area contributed by atoms with Crippen molar-refractivity contribution in [2.75, 3.05) is 28.4 Å². The van der Waals surface area contributed by atoms with E-state index in [-0.39, 0.29) is 60.6 Å². The number of alkyl halides is 6. The van der Waals surface area contributed by atoms with Gasteiger partial charge in [-0.3, -0.25) is 4.79 Å². The van der Waals surface area contributed by atoms with Gasteiger partial charge < -0.3 is 73.5 Å². The molecule has 10 aromatic rings. The van der Waals surface area contributed by atoms with Crippen LogP contribution in [0, 0.1) is 3.57 Å². The number of hydrogen-bond acceptors (Lipinski definition) is 17. The highest BCUT2D eigenvalue weighted by atomic mass is 127. The zero-order chi connectivity index (χ0) is 72.8. The van der Waals surface area contributed by atoms with E-state index in [9.17, 15) is 55.7 Å². The second kappa shape index (κ2) is 39.8. The van der Waals surface area contributed by atoms with Crippen molar-refractivity contribution in [3.05, 3.63) is 220 Å². The number of aromatic nitrogens is 8. The van der Waals surface area contributed by atoms with Crippen LogP contribution in [0.15, 0.2) is 183 Å². The number of nitrogens with two attached hydrogens (primary N) is 1. The van der Waals surface area contributed by atoms with Crippen molar-refractivity contribution in [3.8, 4) is 51.6 Å². The number of carboxylic acids is 1. The van der Waals surface area contributed by atoms with E-state index in [0.717, 1.165) is 29.3 Å². The van der Waals surface area contributed by atoms with Crippen LogP contribution in [0.3, 0.4) is 0 Å². The van der Waals surface area contributed by atoms with Crippen LogP contribution < -0.4 is 30.0 Å². The van der Waals surface area contributed by atoms with Gasteiger partial charge in [-0.15, -0.1) is 26.3 Å². The third-order valence-electron chi connectivity index (χ3n) is 11.7. The highest BCUT2D eigenvalue weighted by molar-refractivity contribution is 14.1. The lowest BCUT2D eigenvalue weighted by Crippen LogP contribution is -2.23. The number of phenols is 2. The van der Waals surface area contributed by atoms with Gasteiger partial charge in [0.1, 0.15) is 64.9 Å². The van der Waals surface area contributed by atoms with Crippen molar-refractivity contribution in [2.45, 2.75) is 33.2 Å². The number of imidazole rings is 4. The molecule has 7 N–H and O–H groups in total. The lowest BCUT2D eigenvalue weighted by atomic mass is 10.2. The lowest BCUT2D eigenvalue weighted by Gasteiger charge is -2.10. The maximum atomic E-state index is 12.3. The van der Waals surface area contributed by atoms with Gasteiger partial charge in [-0.05, 0) is 234 Å². The Morgan fingerprint density at radius 1 is 0.566 bits per heavy atom. The number of rotatable bonds is 14. The number of aromatic carboxylic acids is 1. The Morgan fingerprint density at radius 3 is 1.33 bits per heavy atom. The van der Waals surface area contributed by atoms with E-state index in [1.54, 1.807) is 76.8 Å². The minimum atomic E-state index is -4.78.